The number of nitrogens with one attached hydrogen (secondary N) is 1. The van der Waals surface area contributed by atoms with Gasteiger partial charge >= 0.3 is 0 Å². The molecule has 0 aliphatic heterocycles. The summed E-state index contributed by atoms with van der Waals surface area (Å²) in [6.45, 7) is 1.50. The summed E-state index contributed by atoms with van der Waals surface area (Å²) in [5, 5.41) is 1.64. The van der Waals surface area contributed by atoms with Crippen molar-refractivity contribution < 1.29 is 13.2 Å². The van der Waals surface area contributed by atoms with Gasteiger partial charge < -0.3 is 0 Å². The predicted octanol–water partition coefficient (Wildman–Crippen LogP) is 3.17. The molecule has 6 heteroatoms. The molecule has 3 rings (SSSR count). The molecule has 3 aromatic rings. The van der Waals surface area contributed by atoms with Crippen LogP contribution in [-0.2, 0) is 21.2 Å². The van der Waals surface area contributed by atoms with Gasteiger partial charge in [-0.3, -0.25) is 14.5 Å². The van der Waals surface area contributed by atoms with Gasteiger partial charge in [0.1, 0.15) is 5.78 Å². The largest absolute Gasteiger partial charge is 0.300 e. The van der Waals surface area contributed by atoms with Crippen LogP contribution in [0, 0.1) is 0 Å². The lowest BCUT2D eigenvalue weighted by Gasteiger charge is -2.11. The number of carbonyl (C=O) groups excluding carboxylic acids is 1. The molecule has 24 heavy (non-hydrogen) atoms. The van der Waals surface area contributed by atoms with E-state index in [9.17, 15) is 13.2 Å². The number of sulfonamides is 1. The van der Waals surface area contributed by atoms with Gasteiger partial charge in [0.25, 0.3) is 10.0 Å². The highest BCUT2D eigenvalue weighted by Gasteiger charge is 2.15. The quantitative estimate of drug-likeness (QED) is 0.774. The molecule has 0 saturated carbocycles. The van der Waals surface area contributed by atoms with Crippen LogP contribution in [0.2, 0.25) is 0 Å². The zero-order valence-electron chi connectivity index (χ0n) is 13.1. The number of aromatic nitrogens is 1. The summed E-state index contributed by atoms with van der Waals surface area (Å²) < 4.78 is 27.8. The van der Waals surface area contributed by atoms with Crippen LogP contribution in [0.1, 0.15) is 12.5 Å². The molecular weight excluding hydrogens is 324 g/mol. The van der Waals surface area contributed by atoms with E-state index in [-0.39, 0.29) is 10.7 Å². The molecule has 0 aliphatic carbocycles. The molecule has 0 aliphatic rings. The third kappa shape index (κ3) is 3.44. The summed E-state index contributed by atoms with van der Waals surface area (Å²) in [4.78, 5) is 15.3. The molecule has 1 heterocycles. The van der Waals surface area contributed by atoms with Crippen molar-refractivity contribution in [2.24, 2.45) is 0 Å². The second-order valence-corrected chi connectivity index (χ2v) is 7.21. The molecule has 2 aromatic carbocycles. The van der Waals surface area contributed by atoms with Gasteiger partial charge in [-0.2, -0.15) is 0 Å². The Kier molecular flexibility index (Phi) is 4.31. The summed E-state index contributed by atoms with van der Waals surface area (Å²) in [5.74, 6) is 0.0353. The van der Waals surface area contributed by atoms with E-state index < -0.39 is 10.0 Å². The minimum Gasteiger partial charge on any atom is -0.300 e. The molecule has 5 nitrogen and oxygen atoms in total. The molecule has 0 fully saturated rings. The summed E-state index contributed by atoms with van der Waals surface area (Å²) in [6, 6.07) is 13.5. The summed E-state index contributed by atoms with van der Waals surface area (Å²) in [6.07, 6.45) is 3.60. The van der Waals surface area contributed by atoms with Gasteiger partial charge in [-0.15, -0.1) is 0 Å². The molecule has 0 amide bonds. The van der Waals surface area contributed by atoms with Crippen molar-refractivity contribution in [2.45, 2.75) is 18.2 Å². The van der Waals surface area contributed by atoms with Gasteiger partial charge in [-0.05, 0) is 36.8 Å². The molecule has 122 valence electrons. The van der Waals surface area contributed by atoms with E-state index >= 15 is 0 Å². The van der Waals surface area contributed by atoms with Crippen LogP contribution in [0.4, 0.5) is 5.69 Å². The fourth-order valence-electron chi connectivity index (χ4n) is 2.49. The lowest BCUT2D eigenvalue weighted by atomic mass is 10.1. The number of ketones is 1. The smallest absolute Gasteiger partial charge is 0.261 e. The van der Waals surface area contributed by atoms with Crippen molar-refractivity contribution in [1.82, 2.24) is 4.98 Å². The minimum absolute atomic E-state index is 0.0353. The van der Waals surface area contributed by atoms with Crippen LogP contribution in [0.3, 0.4) is 0 Å². The number of fused-ring (bicyclic) bond motifs is 1. The molecule has 0 radical (unpaired) electrons. The molecule has 0 atom stereocenters. The lowest BCUT2D eigenvalue weighted by molar-refractivity contribution is -0.116. The number of rotatable bonds is 5. The number of Topliss-reactive ketones (excluding diaryl/α,β-unsaturated/α-hetero) is 1. The van der Waals surface area contributed by atoms with Crippen molar-refractivity contribution in [3.8, 4) is 0 Å². The van der Waals surface area contributed by atoms with E-state index in [1.165, 1.54) is 19.1 Å². The Bertz CT molecular complexity index is 991. The zero-order valence-corrected chi connectivity index (χ0v) is 13.9. The van der Waals surface area contributed by atoms with Crippen LogP contribution in [0.25, 0.3) is 10.8 Å². The minimum atomic E-state index is -3.71. The molecule has 1 aromatic heterocycles. The maximum Gasteiger partial charge on any atom is 0.261 e. The second kappa shape index (κ2) is 6.41. The highest BCUT2D eigenvalue weighted by molar-refractivity contribution is 7.92. The Morgan fingerprint density at radius 2 is 1.83 bits per heavy atom. The third-order valence-electron chi connectivity index (χ3n) is 3.61. The lowest BCUT2D eigenvalue weighted by Crippen LogP contribution is -2.13. The van der Waals surface area contributed by atoms with Crippen molar-refractivity contribution in [3.63, 3.8) is 0 Å². The first-order chi connectivity index (χ1) is 11.5. The second-order valence-electron chi connectivity index (χ2n) is 5.53. The van der Waals surface area contributed by atoms with E-state index in [0.717, 1.165) is 16.3 Å². The van der Waals surface area contributed by atoms with Crippen LogP contribution < -0.4 is 4.72 Å². The van der Waals surface area contributed by atoms with E-state index in [0.29, 0.717) is 12.1 Å². The number of benzene rings is 2. The first-order valence-corrected chi connectivity index (χ1v) is 8.88. The molecule has 0 saturated heterocycles. The Balaban J connectivity index is 1.92. The number of hydrogen-bond donors (Lipinski definition) is 1. The highest BCUT2D eigenvalue weighted by atomic mass is 32.2. The van der Waals surface area contributed by atoms with E-state index in [2.05, 4.69) is 9.71 Å². The van der Waals surface area contributed by atoms with Gasteiger partial charge in [-0.25, -0.2) is 8.42 Å². The van der Waals surface area contributed by atoms with E-state index in [1.54, 1.807) is 42.7 Å². The summed E-state index contributed by atoms with van der Waals surface area (Å²) in [7, 11) is -3.71. The van der Waals surface area contributed by atoms with Crippen molar-refractivity contribution in [1.29, 1.82) is 0 Å². The van der Waals surface area contributed by atoms with Crippen molar-refractivity contribution >= 4 is 32.3 Å². The maximum atomic E-state index is 12.6. The fraction of sp³-hybridized carbons (Fsp3) is 0.111. The number of nitrogens with zero attached hydrogens (tertiary/aromatic N) is 1. The number of pyridine rings is 1. The Morgan fingerprint density at radius 1 is 1.08 bits per heavy atom. The zero-order chi connectivity index (χ0) is 17.2. The number of carbonyl (C=O) groups is 1. The predicted molar refractivity (Wildman–Crippen MR) is 93.4 cm³/mol. The fourth-order valence-corrected chi connectivity index (χ4v) is 3.57. The van der Waals surface area contributed by atoms with E-state index in [4.69, 9.17) is 0 Å². The first-order valence-electron chi connectivity index (χ1n) is 7.40. The highest BCUT2D eigenvalue weighted by Crippen LogP contribution is 2.25. The van der Waals surface area contributed by atoms with Gasteiger partial charge in [0, 0.05) is 29.6 Å². The van der Waals surface area contributed by atoms with Crippen molar-refractivity contribution in [2.75, 3.05) is 4.72 Å². The molecule has 0 bridgehead atoms. The summed E-state index contributed by atoms with van der Waals surface area (Å²) >= 11 is 0. The van der Waals surface area contributed by atoms with Crippen LogP contribution in [0.5, 0.6) is 0 Å². The molecule has 0 unspecified atom stereocenters. The normalized spacial score (nSPS) is 11.4. The van der Waals surface area contributed by atoms with Gasteiger partial charge in [0.05, 0.1) is 10.6 Å². The SMILES string of the molecule is CC(=O)Cc1ccc(S(=O)(=O)Nc2cccc3cnccc23)cc1. The molecular formula is C18H16N2O3S. The molecule has 0 spiro atoms. The van der Waals surface area contributed by atoms with Crippen LogP contribution >= 0.6 is 0 Å². The van der Waals surface area contributed by atoms with Gasteiger partial charge in [0.15, 0.2) is 0 Å². The topological polar surface area (TPSA) is 76.1 Å². The summed E-state index contributed by atoms with van der Waals surface area (Å²) in [5.41, 5.74) is 1.29. The van der Waals surface area contributed by atoms with Gasteiger partial charge in [-0.1, -0.05) is 24.3 Å². The average Bonchev–Trinajstić information content (AvgIpc) is 2.55. The van der Waals surface area contributed by atoms with Crippen LogP contribution in [-0.4, -0.2) is 19.2 Å². The average molecular weight is 340 g/mol. The van der Waals surface area contributed by atoms with Gasteiger partial charge in [0.2, 0.25) is 0 Å². The molecule has 1 N–H and O–H groups in total. The Labute approximate surface area is 140 Å². The third-order valence-corrected chi connectivity index (χ3v) is 4.99. The number of anilines is 1. The van der Waals surface area contributed by atoms with E-state index in [1.807, 2.05) is 6.07 Å². The maximum absolute atomic E-state index is 12.6. The van der Waals surface area contributed by atoms with Crippen molar-refractivity contribution in [3.05, 3.63) is 66.5 Å². The monoisotopic (exact) mass is 340 g/mol. The Hall–Kier alpha value is -2.73. The standard InChI is InChI=1S/C18H16N2O3S/c1-13(21)11-14-5-7-16(8-6-14)24(22,23)20-18-4-2-3-15-12-19-10-9-17(15)18/h2-10,12,20H,11H2,1H3. The van der Waals surface area contributed by atoms with Crippen LogP contribution in [0.15, 0.2) is 65.8 Å². The Morgan fingerprint density at radius 3 is 2.54 bits per heavy atom. The first kappa shape index (κ1) is 16.1. The number of hydrogen-bond acceptors (Lipinski definition) is 4.